The van der Waals surface area contributed by atoms with E-state index in [0.29, 0.717) is 30.4 Å². The van der Waals surface area contributed by atoms with Gasteiger partial charge in [-0.1, -0.05) is 19.9 Å². The highest BCUT2D eigenvalue weighted by Gasteiger charge is 2.11. The van der Waals surface area contributed by atoms with Crippen molar-refractivity contribution in [1.82, 2.24) is 10.3 Å². The molecule has 0 unspecified atom stereocenters. The second-order valence-electron chi connectivity index (χ2n) is 5.87. The number of hydrogen-bond acceptors (Lipinski definition) is 5. The molecular weight excluding hydrogens is 318 g/mol. The highest BCUT2D eigenvalue weighted by atomic mass is 16.5. The van der Waals surface area contributed by atoms with Gasteiger partial charge in [0.2, 0.25) is 0 Å². The summed E-state index contributed by atoms with van der Waals surface area (Å²) in [6, 6.07) is 10.8. The van der Waals surface area contributed by atoms with E-state index in [1.54, 1.807) is 43.8 Å². The maximum atomic E-state index is 12.4. The van der Waals surface area contributed by atoms with Crippen LogP contribution in [-0.2, 0) is 11.3 Å². The Kier molecular flexibility index (Phi) is 6.95. The number of methoxy groups -OCH3 is 1. The third-order valence-corrected chi connectivity index (χ3v) is 3.25. The van der Waals surface area contributed by atoms with Crippen LogP contribution in [0.25, 0.3) is 0 Å². The Balaban J connectivity index is 2.06. The summed E-state index contributed by atoms with van der Waals surface area (Å²) in [5, 5.41) is 2.72. The summed E-state index contributed by atoms with van der Waals surface area (Å²) in [6.45, 7) is 4.91. The number of benzene rings is 1. The minimum absolute atomic E-state index is 0.207. The summed E-state index contributed by atoms with van der Waals surface area (Å²) >= 11 is 0. The van der Waals surface area contributed by atoms with Gasteiger partial charge >= 0.3 is 0 Å². The molecule has 25 heavy (non-hydrogen) atoms. The first-order valence-corrected chi connectivity index (χ1v) is 8.10. The van der Waals surface area contributed by atoms with Gasteiger partial charge in [0.25, 0.3) is 11.9 Å². The standard InChI is InChI=1S/C19H23N3O3/c1-14(2)13-25-19(21-12-15-5-4-10-20-11-15)22-18(23)16-6-8-17(24-3)9-7-16/h4-11,14H,12-13H2,1-3H3,(H,21,22,23). The lowest BCUT2D eigenvalue weighted by Crippen LogP contribution is -2.33. The smallest absolute Gasteiger partial charge is 0.292 e. The van der Waals surface area contributed by atoms with Crippen LogP contribution in [-0.4, -0.2) is 30.6 Å². The van der Waals surface area contributed by atoms with Crippen molar-refractivity contribution in [3.63, 3.8) is 0 Å². The van der Waals surface area contributed by atoms with Crippen LogP contribution >= 0.6 is 0 Å². The number of aromatic nitrogens is 1. The first kappa shape index (κ1) is 18.4. The molecule has 6 heteroatoms. The molecule has 0 saturated heterocycles. The number of carbonyl (C=O) groups excluding carboxylic acids is 1. The Labute approximate surface area is 147 Å². The number of nitrogens with zero attached hydrogens (tertiary/aromatic N) is 2. The van der Waals surface area contributed by atoms with E-state index in [9.17, 15) is 4.79 Å². The Bertz CT molecular complexity index is 698. The minimum atomic E-state index is -0.281. The fourth-order valence-corrected chi connectivity index (χ4v) is 1.93. The maximum Gasteiger partial charge on any atom is 0.292 e. The summed E-state index contributed by atoms with van der Waals surface area (Å²) < 4.78 is 10.7. The van der Waals surface area contributed by atoms with Crippen molar-refractivity contribution in [2.45, 2.75) is 20.4 Å². The molecule has 1 heterocycles. The van der Waals surface area contributed by atoms with E-state index >= 15 is 0 Å². The number of hydrogen-bond donors (Lipinski definition) is 1. The minimum Gasteiger partial charge on any atom is -0.497 e. The maximum absolute atomic E-state index is 12.4. The van der Waals surface area contributed by atoms with Crippen molar-refractivity contribution in [3.8, 4) is 5.75 Å². The van der Waals surface area contributed by atoms with Crippen molar-refractivity contribution in [3.05, 3.63) is 59.9 Å². The van der Waals surface area contributed by atoms with E-state index in [1.807, 2.05) is 26.0 Å². The number of rotatable bonds is 6. The molecule has 0 aliphatic rings. The molecule has 1 aromatic carbocycles. The van der Waals surface area contributed by atoms with E-state index in [1.165, 1.54) is 0 Å². The van der Waals surface area contributed by atoms with Gasteiger partial charge in [-0.3, -0.25) is 15.1 Å². The summed E-state index contributed by atoms with van der Waals surface area (Å²) in [7, 11) is 1.58. The van der Waals surface area contributed by atoms with E-state index < -0.39 is 0 Å². The van der Waals surface area contributed by atoms with Gasteiger partial charge in [0.15, 0.2) is 0 Å². The fourth-order valence-electron chi connectivity index (χ4n) is 1.93. The summed E-state index contributed by atoms with van der Waals surface area (Å²) in [4.78, 5) is 20.8. The molecule has 0 aliphatic heterocycles. The third-order valence-electron chi connectivity index (χ3n) is 3.25. The molecule has 132 valence electrons. The lowest BCUT2D eigenvalue weighted by atomic mass is 10.2. The van der Waals surface area contributed by atoms with Gasteiger partial charge in [-0.2, -0.15) is 0 Å². The van der Waals surface area contributed by atoms with Crippen molar-refractivity contribution < 1.29 is 14.3 Å². The normalized spacial score (nSPS) is 11.3. The van der Waals surface area contributed by atoms with Crippen LogP contribution < -0.4 is 10.1 Å². The number of nitrogens with one attached hydrogen (secondary N) is 1. The molecule has 0 atom stereocenters. The number of aliphatic imine (C=N–C) groups is 1. The van der Waals surface area contributed by atoms with Gasteiger partial charge < -0.3 is 9.47 Å². The Morgan fingerprint density at radius 3 is 2.60 bits per heavy atom. The molecule has 2 aromatic rings. The van der Waals surface area contributed by atoms with Gasteiger partial charge in [0.1, 0.15) is 5.75 Å². The highest BCUT2D eigenvalue weighted by molar-refractivity contribution is 6.04. The number of carbonyl (C=O) groups is 1. The number of amides is 1. The van der Waals surface area contributed by atoms with E-state index in [2.05, 4.69) is 15.3 Å². The number of amidine groups is 1. The topological polar surface area (TPSA) is 72.8 Å². The van der Waals surface area contributed by atoms with Gasteiger partial charge in [-0.25, -0.2) is 4.99 Å². The Morgan fingerprint density at radius 2 is 2.00 bits per heavy atom. The van der Waals surface area contributed by atoms with Crippen LogP contribution in [0.4, 0.5) is 0 Å². The zero-order chi connectivity index (χ0) is 18.1. The predicted molar refractivity (Wildman–Crippen MR) is 96.6 cm³/mol. The SMILES string of the molecule is COc1ccc(C(=O)NC(=NCc2cccnc2)OCC(C)C)cc1. The van der Waals surface area contributed by atoms with Crippen LogP contribution in [0.1, 0.15) is 29.8 Å². The Morgan fingerprint density at radius 1 is 1.24 bits per heavy atom. The first-order valence-electron chi connectivity index (χ1n) is 8.10. The van der Waals surface area contributed by atoms with Crippen molar-refractivity contribution in [2.75, 3.05) is 13.7 Å². The van der Waals surface area contributed by atoms with Crippen LogP contribution in [0.15, 0.2) is 53.8 Å². The monoisotopic (exact) mass is 341 g/mol. The molecule has 6 nitrogen and oxygen atoms in total. The van der Waals surface area contributed by atoms with Crippen LogP contribution in [0.3, 0.4) is 0 Å². The molecule has 0 aliphatic carbocycles. The van der Waals surface area contributed by atoms with Gasteiger partial charge in [-0.05, 0) is 41.8 Å². The molecule has 1 N–H and O–H groups in total. The molecular formula is C19H23N3O3. The largest absolute Gasteiger partial charge is 0.497 e. The van der Waals surface area contributed by atoms with Crippen molar-refractivity contribution in [1.29, 1.82) is 0 Å². The molecule has 0 saturated carbocycles. The van der Waals surface area contributed by atoms with Crippen LogP contribution in [0.5, 0.6) is 5.75 Å². The first-order chi connectivity index (χ1) is 12.1. The summed E-state index contributed by atoms with van der Waals surface area (Å²) in [5.74, 6) is 0.732. The molecule has 0 fully saturated rings. The quantitative estimate of drug-likeness (QED) is 0.647. The third kappa shape index (κ3) is 6.25. The molecule has 1 amide bonds. The fraction of sp³-hybridized carbons (Fsp3) is 0.316. The molecule has 2 rings (SSSR count). The van der Waals surface area contributed by atoms with Crippen molar-refractivity contribution in [2.24, 2.45) is 10.9 Å². The lowest BCUT2D eigenvalue weighted by molar-refractivity contribution is 0.0963. The zero-order valence-electron chi connectivity index (χ0n) is 14.7. The van der Waals surface area contributed by atoms with Crippen LogP contribution in [0, 0.1) is 5.92 Å². The molecule has 1 aromatic heterocycles. The second kappa shape index (κ2) is 9.42. The van der Waals surface area contributed by atoms with Crippen molar-refractivity contribution >= 4 is 11.9 Å². The van der Waals surface area contributed by atoms with E-state index in [4.69, 9.17) is 9.47 Å². The van der Waals surface area contributed by atoms with Gasteiger partial charge in [0, 0.05) is 18.0 Å². The average Bonchev–Trinajstić information content (AvgIpc) is 2.64. The number of pyridine rings is 1. The Hall–Kier alpha value is -2.89. The second-order valence-corrected chi connectivity index (χ2v) is 5.87. The molecule has 0 bridgehead atoms. The lowest BCUT2D eigenvalue weighted by Gasteiger charge is -2.12. The van der Waals surface area contributed by atoms with E-state index in [-0.39, 0.29) is 11.9 Å². The van der Waals surface area contributed by atoms with Gasteiger partial charge in [0.05, 0.1) is 20.3 Å². The number of ether oxygens (including phenoxy) is 2. The van der Waals surface area contributed by atoms with Gasteiger partial charge in [-0.15, -0.1) is 0 Å². The molecule has 0 radical (unpaired) electrons. The highest BCUT2D eigenvalue weighted by Crippen LogP contribution is 2.11. The van der Waals surface area contributed by atoms with E-state index in [0.717, 1.165) is 5.56 Å². The zero-order valence-corrected chi connectivity index (χ0v) is 14.7. The average molecular weight is 341 g/mol. The summed E-state index contributed by atoms with van der Waals surface area (Å²) in [6.07, 6.45) is 3.43. The summed E-state index contributed by atoms with van der Waals surface area (Å²) in [5.41, 5.74) is 1.44. The molecule has 0 spiro atoms. The van der Waals surface area contributed by atoms with Crippen LogP contribution in [0.2, 0.25) is 0 Å². The predicted octanol–water partition coefficient (Wildman–Crippen LogP) is 3.05.